The van der Waals surface area contributed by atoms with Crippen LogP contribution in [0.3, 0.4) is 0 Å². The van der Waals surface area contributed by atoms with Gasteiger partial charge in [-0.15, -0.1) is 15.3 Å². The second kappa shape index (κ2) is 62.3. The third-order valence-electron chi connectivity index (χ3n) is 21.2. The first-order valence-corrected chi connectivity index (χ1v) is 49.6. The van der Waals surface area contributed by atoms with E-state index in [0.717, 1.165) is 125 Å². The monoisotopic (exact) mass is 1700 g/mol. The maximum atomic E-state index is 13.8. The zero-order valence-corrected chi connectivity index (χ0v) is 76.6. The van der Waals surface area contributed by atoms with Crippen molar-refractivity contribution < 1.29 is 36.0 Å². The number of fused-ring (bicyclic) bond motifs is 1. The molecular weight excluding hydrogens is 1550 g/mol. The number of benzene rings is 3. The van der Waals surface area contributed by atoms with E-state index in [1.165, 1.54) is 252 Å². The lowest BCUT2D eigenvalue weighted by atomic mass is 10.0. The van der Waals surface area contributed by atoms with Gasteiger partial charge in [-0.25, -0.2) is 51.8 Å². The molecular formula is C87H152ClN15O8S4. The number of para-hydroxylation sites is 1. The van der Waals surface area contributed by atoms with E-state index in [1.807, 2.05) is 54.6 Å². The number of amides is 6. The van der Waals surface area contributed by atoms with Crippen LogP contribution in [0.4, 0.5) is 25.8 Å². The first kappa shape index (κ1) is 102. The number of urea groups is 3. The van der Waals surface area contributed by atoms with E-state index in [-0.39, 0.29) is 32.2 Å². The number of hydrogen-bond donors (Lipinski definition) is 6. The molecule has 2 saturated heterocycles. The molecule has 2 fully saturated rings. The number of amidine groups is 1. The van der Waals surface area contributed by atoms with Crippen molar-refractivity contribution in [3.8, 4) is 5.75 Å². The van der Waals surface area contributed by atoms with Gasteiger partial charge in [0.1, 0.15) is 5.75 Å². The van der Waals surface area contributed by atoms with Crippen LogP contribution < -0.4 is 41.8 Å². The van der Waals surface area contributed by atoms with Crippen molar-refractivity contribution in [1.82, 2.24) is 49.5 Å². The average Bonchev–Trinajstić information content (AvgIpc) is 1.41. The summed E-state index contributed by atoms with van der Waals surface area (Å²) >= 11 is 9.48. The van der Waals surface area contributed by atoms with Crippen molar-refractivity contribution in [3.05, 3.63) is 70.5 Å². The van der Waals surface area contributed by atoms with Crippen molar-refractivity contribution >= 4 is 106 Å². The summed E-state index contributed by atoms with van der Waals surface area (Å²) in [5, 5.41) is 22.2. The Morgan fingerprint density at radius 1 is 0.478 bits per heavy atom. The van der Waals surface area contributed by atoms with E-state index in [1.54, 1.807) is 35.2 Å². The van der Waals surface area contributed by atoms with E-state index in [9.17, 15) is 31.2 Å². The standard InChI is InChI=1S/C33H50ClN5O3S2.C30H54N6O4S.C24H48N4OS/c1-4-6-7-8-9-10-11-12-13-14-15-16-17-20-25-38(3)44(41,42)27-23-24-28(34)29(26-27)35-32(40)36-37-33-39(5-2)30-21-18-19-22-31(30)43-33;1-6-9-11-13-15-17-21-36(22-18-16-14-12-10-7-2)41(38,39)26-19-20-28(40-5)27(25-26)31-29(37)32-33-30-34(4)23-24-35(30)8-3;1-3-5-6-7-8-9-10-11-12-13-14-15-16-17-18-19-20-25-23(29)26-27-24-28(4-2)21-22-30-24/h18-19,21-24,26H,4-17,20,25H2,1-3H3,(H2,35,36,40);19-20,25H,6-18,21-24H2,1-5H3,(H2,31,32,37);3-22H2,1-2H3,(H2,25,26,29)/b37-33+;33-30-;27-24+. The van der Waals surface area contributed by atoms with Crippen LogP contribution in [0.5, 0.6) is 5.75 Å². The predicted molar refractivity (Wildman–Crippen MR) is 486 cm³/mol. The molecule has 23 nitrogen and oxygen atoms in total. The molecule has 0 bridgehead atoms. The van der Waals surface area contributed by atoms with Gasteiger partial charge < -0.3 is 40.0 Å². The van der Waals surface area contributed by atoms with Gasteiger partial charge in [-0.3, -0.25) is 0 Å². The molecule has 28 heteroatoms. The Balaban J connectivity index is 0.000000370. The molecule has 0 atom stereocenters. The number of halogens is 1. The number of thioether (sulfide) groups is 1. The highest BCUT2D eigenvalue weighted by atomic mass is 35.5. The van der Waals surface area contributed by atoms with Gasteiger partial charge in [-0.05, 0) is 95.0 Å². The second-order valence-electron chi connectivity index (χ2n) is 30.6. The molecule has 0 radical (unpaired) electrons. The van der Waals surface area contributed by atoms with Crippen LogP contribution in [0.15, 0.2) is 85.8 Å². The molecule has 6 rings (SSSR count). The summed E-state index contributed by atoms with van der Waals surface area (Å²) in [4.78, 5) is 44.3. The van der Waals surface area contributed by atoms with Gasteiger partial charge in [0.25, 0.3) is 0 Å². The van der Waals surface area contributed by atoms with Crippen molar-refractivity contribution in [2.75, 3.05) is 96.5 Å². The number of likely N-dealkylation sites (N-methyl/N-ethyl adjacent to an activating group) is 2. The lowest BCUT2D eigenvalue weighted by Gasteiger charge is -2.23. The van der Waals surface area contributed by atoms with Crippen LogP contribution in [0.2, 0.25) is 5.02 Å². The number of nitrogens with one attached hydrogen (secondary N) is 6. The molecule has 0 aliphatic carbocycles. The third kappa shape index (κ3) is 41.1. The number of sulfonamides is 2. The van der Waals surface area contributed by atoms with Crippen LogP contribution in [0.1, 0.15) is 318 Å². The van der Waals surface area contributed by atoms with Crippen LogP contribution >= 0.6 is 34.7 Å². The van der Waals surface area contributed by atoms with Gasteiger partial charge in [0.15, 0.2) is 5.17 Å². The highest BCUT2D eigenvalue weighted by Crippen LogP contribution is 2.31. The topological polar surface area (TPSA) is 259 Å². The molecule has 3 aromatic carbocycles. The Morgan fingerprint density at radius 3 is 1.41 bits per heavy atom. The number of aromatic nitrogens is 1. The number of methoxy groups -OCH3 is 1. The van der Waals surface area contributed by atoms with Crippen molar-refractivity contribution in [2.45, 2.75) is 334 Å². The van der Waals surface area contributed by atoms with Gasteiger partial charge in [0.2, 0.25) is 30.8 Å². The zero-order valence-electron chi connectivity index (χ0n) is 72.6. The normalized spacial score (nSPS) is 13.9. The summed E-state index contributed by atoms with van der Waals surface area (Å²) in [5.74, 6) is 2.11. The van der Waals surface area contributed by atoms with Crippen molar-refractivity contribution in [2.24, 2.45) is 15.3 Å². The molecule has 0 unspecified atom stereocenters. The Bertz CT molecular complexity index is 3660. The molecule has 3 heterocycles. The highest BCUT2D eigenvalue weighted by Gasteiger charge is 2.28. The molecule has 2 aliphatic rings. The fraction of sp³-hybridized carbons (Fsp3) is 0.724. The van der Waals surface area contributed by atoms with Crippen molar-refractivity contribution in [3.63, 3.8) is 0 Å². The Hall–Kier alpha value is -5.84. The molecule has 1 aromatic heterocycles. The lowest BCUT2D eigenvalue weighted by molar-refractivity contribution is 0.241. The molecule has 2 aliphatic heterocycles. The van der Waals surface area contributed by atoms with Gasteiger partial charge >= 0.3 is 18.1 Å². The van der Waals surface area contributed by atoms with Crippen LogP contribution in [0.25, 0.3) is 10.2 Å². The first-order valence-electron chi connectivity index (χ1n) is 44.6. The predicted octanol–water partition coefficient (Wildman–Crippen LogP) is 22.1. The smallest absolute Gasteiger partial charge is 0.339 e. The molecule has 115 heavy (non-hydrogen) atoms. The number of thiazole rings is 1. The van der Waals surface area contributed by atoms with Crippen LogP contribution in [-0.4, -0.2) is 160 Å². The molecule has 6 amide bonds. The first-order chi connectivity index (χ1) is 55.8. The summed E-state index contributed by atoms with van der Waals surface area (Å²) in [7, 11) is -2.48. The van der Waals surface area contributed by atoms with Crippen molar-refractivity contribution in [1.29, 1.82) is 0 Å². The molecule has 4 aromatic rings. The molecule has 0 spiro atoms. The minimum atomic E-state index is -3.76. The maximum absolute atomic E-state index is 13.8. The number of nitrogens with zero attached hydrogens (tertiary/aromatic N) is 9. The molecule has 0 saturated carbocycles. The average molecular weight is 1700 g/mol. The van der Waals surface area contributed by atoms with E-state index >= 15 is 0 Å². The number of hydrazone groups is 2. The minimum absolute atomic E-state index is 0.0790. The summed E-state index contributed by atoms with van der Waals surface area (Å²) in [6, 6.07) is 15.5. The number of unbranched alkanes of at least 4 members (excludes halogenated alkanes) is 38. The minimum Gasteiger partial charge on any atom is -0.495 e. The van der Waals surface area contributed by atoms with E-state index in [0.29, 0.717) is 42.7 Å². The fourth-order valence-corrected chi connectivity index (χ4v) is 19.1. The van der Waals surface area contributed by atoms with E-state index in [2.05, 4.69) is 92.0 Å². The Kier molecular flexibility index (Phi) is 55.0. The number of guanidine groups is 1. The van der Waals surface area contributed by atoms with Crippen LogP contribution in [0, 0.1) is 0 Å². The number of rotatable bonds is 59. The molecule has 6 N–H and O–H groups in total. The van der Waals surface area contributed by atoms with Gasteiger partial charge in [-0.2, -0.15) is 4.31 Å². The largest absolute Gasteiger partial charge is 0.495 e. The fourth-order valence-electron chi connectivity index (χ4n) is 14.1. The van der Waals surface area contributed by atoms with Gasteiger partial charge in [-0.1, -0.05) is 319 Å². The third-order valence-corrected chi connectivity index (χ3v) is 27.4. The summed E-state index contributed by atoms with van der Waals surface area (Å²) in [6.07, 6.45) is 52.6. The van der Waals surface area contributed by atoms with Gasteiger partial charge in [0.05, 0.1) is 43.5 Å². The summed E-state index contributed by atoms with van der Waals surface area (Å²) in [6.45, 7) is 22.4. The summed E-state index contributed by atoms with van der Waals surface area (Å²) < 4.78 is 65.7. The quantitative estimate of drug-likeness (QED) is 0.0178. The number of ether oxygens (including phenoxy) is 1. The maximum Gasteiger partial charge on any atom is 0.339 e. The lowest BCUT2D eigenvalue weighted by Crippen LogP contribution is -2.35. The number of aryl methyl sites for hydroxylation is 1. The number of hydrogen-bond acceptors (Lipinski definition) is 13. The summed E-state index contributed by atoms with van der Waals surface area (Å²) in [5.41, 5.74) is 9.18. The Morgan fingerprint density at radius 2 is 0.913 bits per heavy atom. The zero-order chi connectivity index (χ0) is 83.6. The number of anilines is 2. The van der Waals surface area contributed by atoms with E-state index < -0.39 is 32.1 Å². The van der Waals surface area contributed by atoms with E-state index in [4.69, 9.17) is 16.3 Å². The SMILES string of the molecule is CCCCCCCCCCCCCCCCCCNC(=O)N/N=C1/SCCN1CC.CCCCCCCCCCCCCCCCN(C)S(=O)(=O)c1ccc(Cl)c(NC(=O)N/N=c2/sc3ccccc3n2CC)c1.CCCCCCCCN(CCCCCCCC)S(=O)(=O)c1ccc(OC)c(NC(=O)N/N=C2/N(C)CCN2CC)c1. The number of carbonyl (C=O) groups excluding carboxylic acids is 3. The van der Waals surface area contributed by atoms with Gasteiger partial charge in [0, 0.05) is 85.3 Å². The Labute approximate surface area is 708 Å². The second-order valence-corrected chi connectivity index (χ2v) is 37.1. The number of carbonyl (C=O) groups is 3. The highest BCUT2D eigenvalue weighted by molar-refractivity contribution is 8.14. The van der Waals surface area contributed by atoms with Crippen LogP contribution in [-0.2, 0) is 26.6 Å². The molecule has 654 valence electrons.